The summed E-state index contributed by atoms with van der Waals surface area (Å²) in [5, 5.41) is 6.90. The predicted molar refractivity (Wildman–Crippen MR) is 125 cm³/mol. The van der Waals surface area contributed by atoms with Crippen LogP contribution in [0.4, 0.5) is 9.59 Å². The van der Waals surface area contributed by atoms with Crippen molar-refractivity contribution in [2.75, 3.05) is 19.6 Å². The number of hydrogen-bond acceptors (Lipinski definition) is 7. The molecule has 0 unspecified atom stereocenters. The van der Waals surface area contributed by atoms with E-state index in [0.717, 1.165) is 45.7 Å². The molecule has 3 heterocycles. The zero-order valence-corrected chi connectivity index (χ0v) is 19.9. The standard InChI is InChI=1S/C22H26N4O5S2/c1-2-14-5-7-22(8-6-14)19(29)26(20(30)24-22)13-17(27)23-9-10-25-18(28)16(33-21(25)31)12-15-4-3-11-32-15/h3-4,11-12,14H,2,5-10,13H2,1H3,(H,23,27)(H,24,30)/b16-12+. The van der Waals surface area contributed by atoms with Gasteiger partial charge in [-0.2, -0.15) is 0 Å². The van der Waals surface area contributed by atoms with Gasteiger partial charge in [0.25, 0.3) is 17.1 Å². The highest BCUT2D eigenvalue weighted by Gasteiger charge is 2.52. The SMILES string of the molecule is CCC1CCC2(CC1)NC(=O)N(CC(=O)NCCN1C(=O)S/C(=C/c3cccs3)C1=O)C2=O. The summed E-state index contributed by atoms with van der Waals surface area (Å²) in [5.41, 5.74) is -0.889. The molecule has 2 N–H and O–H groups in total. The van der Waals surface area contributed by atoms with Gasteiger partial charge < -0.3 is 10.6 Å². The van der Waals surface area contributed by atoms with Gasteiger partial charge >= 0.3 is 6.03 Å². The van der Waals surface area contributed by atoms with E-state index in [1.165, 1.54) is 11.3 Å². The zero-order valence-electron chi connectivity index (χ0n) is 18.3. The van der Waals surface area contributed by atoms with Gasteiger partial charge in [-0.15, -0.1) is 11.3 Å². The minimum absolute atomic E-state index is 0.0146. The number of carbonyl (C=O) groups is 5. The first-order valence-corrected chi connectivity index (χ1v) is 12.7. The van der Waals surface area contributed by atoms with Crippen LogP contribution in [0.2, 0.25) is 0 Å². The number of amides is 6. The average molecular weight is 491 g/mol. The van der Waals surface area contributed by atoms with E-state index in [1.54, 1.807) is 6.08 Å². The summed E-state index contributed by atoms with van der Waals surface area (Å²) in [6.45, 7) is 1.79. The van der Waals surface area contributed by atoms with Crippen molar-refractivity contribution in [3.63, 3.8) is 0 Å². The van der Waals surface area contributed by atoms with Crippen molar-refractivity contribution in [3.8, 4) is 0 Å². The predicted octanol–water partition coefficient (Wildman–Crippen LogP) is 2.79. The molecule has 3 fully saturated rings. The second kappa shape index (κ2) is 9.68. The van der Waals surface area contributed by atoms with Gasteiger partial charge in [0.15, 0.2) is 0 Å². The van der Waals surface area contributed by atoms with Gasteiger partial charge in [0.1, 0.15) is 12.1 Å². The maximum Gasteiger partial charge on any atom is 0.325 e. The van der Waals surface area contributed by atoms with Crippen LogP contribution in [0.25, 0.3) is 6.08 Å². The number of nitrogens with one attached hydrogen (secondary N) is 2. The van der Waals surface area contributed by atoms with Crippen LogP contribution in [0.5, 0.6) is 0 Å². The highest BCUT2D eigenvalue weighted by molar-refractivity contribution is 8.18. The summed E-state index contributed by atoms with van der Waals surface area (Å²) in [6, 6.07) is 3.17. The fourth-order valence-corrected chi connectivity index (χ4v) is 6.03. The lowest BCUT2D eigenvalue weighted by Gasteiger charge is -2.34. The molecule has 1 spiro atoms. The molecule has 4 rings (SSSR count). The van der Waals surface area contributed by atoms with Gasteiger partial charge in [-0.1, -0.05) is 19.4 Å². The normalized spacial score (nSPS) is 26.6. The smallest absolute Gasteiger partial charge is 0.325 e. The fourth-order valence-electron chi connectivity index (χ4n) is 4.44. The van der Waals surface area contributed by atoms with E-state index in [4.69, 9.17) is 0 Å². The summed E-state index contributed by atoms with van der Waals surface area (Å²) in [6.07, 6.45) is 5.66. The Kier molecular flexibility index (Phi) is 6.89. The molecule has 3 aliphatic rings. The Bertz CT molecular complexity index is 998. The lowest BCUT2D eigenvalue weighted by Crippen LogP contribution is -2.50. The largest absolute Gasteiger partial charge is 0.353 e. The first-order chi connectivity index (χ1) is 15.8. The molecule has 176 valence electrons. The number of rotatable bonds is 7. The molecule has 11 heteroatoms. The summed E-state index contributed by atoms with van der Waals surface area (Å²) in [5.74, 6) is -0.695. The van der Waals surface area contributed by atoms with Crippen LogP contribution in [0.3, 0.4) is 0 Å². The molecule has 2 aliphatic heterocycles. The molecular weight excluding hydrogens is 464 g/mol. The third-order valence-electron chi connectivity index (χ3n) is 6.43. The molecular formula is C22H26N4O5S2. The van der Waals surface area contributed by atoms with E-state index >= 15 is 0 Å². The summed E-state index contributed by atoms with van der Waals surface area (Å²) in [7, 11) is 0. The summed E-state index contributed by atoms with van der Waals surface area (Å²) < 4.78 is 0. The van der Waals surface area contributed by atoms with Gasteiger partial charge in [-0.05, 0) is 60.9 Å². The number of hydrogen-bond donors (Lipinski definition) is 2. The molecule has 1 aromatic heterocycles. The fraction of sp³-hybridized carbons (Fsp3) is 0.500. The first-order valence-electron chi connectivity index (χ1n) is 11.0. The van der Waals surface area contributed by atoms with Crippen molar-refractivity contribution in [3.05, 3.63) is 27.3 Å². The molecule has 1 saturated carbocycles. The van der Waals surface area contributed by atoms with Crippen molar-refractivity contribution in [1.29, 1.82) is 0 Å². The molecule has 0 radical (unpaired) electrons. The van der Waals surface area contributed by atoms with Crippen LogP contribution in [0.1, 0.15) is 43.9 Å². The Balaban J connectivity index is 1.27. The molecule has 33 heavy (non-hydrogen) atoms. The van der Waals surface area contributed by atoms with Crippen LogP contribution in [0, 0.1) is 5.92 Å². The van der Waals surface area contributed by atoms with Gasteiger partial charge in [-0.3, -0.25) is 29.0 Å². The second-order valence-corrected chi connectivity index (χ2v) is 10.4. The van der Waals surface area contributed by atoms with Crippen molar-refractivity contribution < 1.29 is 24.0 Å². The Morgan fingerprint density at radius 1 is 1.24 bits per heavy atom. The van der Waals surface area contributed by atoms with E-state index in [1.807, 2.05) is 17.5 Å². The maximum absolute atomic E-state index is 12.9. The molecule has 2 saturated heterocycles. The minimum Gasteiger partial charge on any atom is -0.353 e. The number of nitrogens with zero attached hydrogens (tertiary/aromatic N) is 2. The quantitative estimate of drug-likeness (QED) is 0.449. The van der Waals surface area contributed by atoms with Crippen molar-refractivity contribution in [1.82, 2.24) is 20.4 Å². The number of thiophene rings is 1. The first kappa shape index (κ1) is 23.5. The highest BCUT2D eigenvalue weighted by Crippen LogP contribution is 2.37. The van der Waals surface area contributed by atoms with Gasteiger partial charge in [-0.25, -0.2) is 4.79 Å². The number of urea groups is 1. The van der Waals surface area contributed by atoms with Gasteiger partial charge in [0, 0.05) is 18.0 Å². The van der Waals surface area contributed by atoms with Crippen molar-refractivity contribution >= 4 is 58.2 Å². The summed E-state index contributed by atoms with van der Waals surface area (Å²) >= 11 is 2.33. The average Bonchev–Trinajstić information content (AvgIpc) is 3.46. The third kappa shape index (κ3) is 4.84. The van der Waals surface area contributed by atoms with Crippen LogP contribution >= 0.6 is 23.1 Å². The number of imide groups is 2. The molecule has 0 bridgehead atoms. The van der Waals surface area contributed by atoms with E-state index in [2.05, 4.69) is 17.6 Å². The molecule has 0 aromatic carbocycles. The van der Waals surface area contributed by atoms with Gasteiger partial charge in [0.05, 0.1) is 4.91 Å². The van der Waals surface area contributed by atoms with E-state index in [9.17, 15) is 24.0 Å². The molecule has 0 atom stereocenters. The Hall–Kier alpha value is -2.66. The third-order valence-corrected chi connectivity index (χ3v) is 8.16. The Labute approximate surface area is 199 Å². The van der Waals surface area contributed by atoms with Crippen molar-refractivity contribution in [2.24, 2.45) is 5.92 Å². The monoisotopic (exact) mass is 490 g/mol. The lowest BCUT2D eigenvalue weighted by molar-refractivity contribution is -0.136. The Morgan fingerprint density at radius 2 is 2.00 bits per heavy atom. The lowest BCUT2D eigenvalue weighted by atomic mass is 9.75. The van der Waals surface area contributed by atoms with Crippen LogP contribution in [-0.4, -0.2) is 64.0 Å². The minimum atomic E-state index is -0.889. The van der Waals surface area contributed by atoms with Gasteiger partial charge in [0.2, 0.25) is 5.91 Å². The molecule has 1 aliphatic carbocycles. The van der Waals surface area contributed by atoms with Crippen LogP contribution < -0.4 is 10.6 Å². The maximum atomic E-state index is 12.9. The van der Waals surface area contributed by atoms with Crippen LogP contribution in [0.15, 0.2) is 22.4 Å². The zero-order chi connectivity index (χ0) is 23.6. The highest BCUT2D eigenvalue weighted by atomic mass is 32.2. The molecule has 9 nitrogen and oxygen atoms in total. The number of thioether (sulfide) groups is 1. The Morgan fingerprint density at radius 3 is 2.67 bits per heavy atom. The second-order valence-electron chi connectivity index (χ2n) is 8.45. The van der Waals surface area contributed by atoms with E-state index in [-0.39, 0.29) is 25.5 Å². The van der Waals surface area contributed by atoms with Crippen molar-refractivity contribution in [2.45, 2.75) is 44.6 Å². The van der Waals surface area contributed by atoms with Crippen LogP contribution in [-0.2, 0) is 14.4 Å². The topological polar surface area (TPSA) is 116 Å². The number of carbonyl (C=O) groups excluding carboxylic acids is 5. The summed E-state index contributed by atoms with van der Waals surface area (Å²) in [4.78, 5) is 65.6. The van der Waals surface area contributed by atoms with E-state index < -0.39 is 28.6 Å². The molecule has 6 amide bonds. The van der Waals surface area contributed by atoms with E-state index in [0.29, 0.717) is 23.7 Å². The molecule has 1 aromatic rings.